The molecule has 92 valence electrons. The first kappa shape index (κ1) is 11.9. The first-order valence-corrected chi connectivity index (χ1v) is 5.95. The molecule has 0 bridgehead atoms. The van der Waals surface area contributed by atoms with Crippen LogP contribution in [0.4, 0.5) is 5.69 Å². The van der Waals surface area contributed by atoms with Crippen LogP contribution in [-0.4, -0.2) is 25.6 Å². The highest BCUT2D eigenvalue weighted by molar-refractivity contribution is 5.88. The third-order valence-corrected chi connectivity index (χ3v) is 2.82. The average Bonchev–Trinajstić information content (AvgIpc) is 2.80. The van der Waals surface area contributed by atoms with E-state index in [1.807, 2.05) is 24.3 Å². The Bertz CT molecular complexity index is 370. The van der Waals surface area contributed by atoms with Crippen LogP contribution >= 0.6 is 0 Å². The molecule has 0 unspecified atom stereocenters. The van der Waals surface area contributed by atoms with Crippen LogP contribution in [0.25, 0.3) is 0 Å². The second kappa shape index (κ2) is 5.68. The number of benzene rings is 1. The maximum Gasteiger partial charge on any atom is 0.221 e. The first-order valence-electron chi connectivity index (χ1n) is 5.95. The van der Waals surface area contributed by atoms with E-state index in [0.29, 0.717) is 5.92 Å². The van der Waals surface area contributed by atoms with Crippen molar-refractivity contribution in [3.63, 3.8) is 0 Å². The minimum Gasteiger partial charge on any atom is -0.493 e. The largest absolute Gasteiger partial charge is 0.493 e. The Kier molecular flexibility index (Phi) is 3.98. The third-order valence-electron chi connectivity index (χ3n) is 2.82. The molecule has 1 aromatic rings. The van der Waals surface area contributed by atoms with Gasteiger partial charge in [0.15, 0.2) is 0 Å². The van der Waals surface area contributed by atoms with Crippen LogP contribution in [0.15, 0.2) is 24.3 Å². The van der Waals surface area contributed by atoms with Gasteiger partial charge in [-0.15, -0.1) is 0 Å². The number of anilines is 1. The Hall–Kier alpha value is -1.55. The van der Waals surface area contributed by atoms with Crippen LogP contribution in [0.3, 0.4) is 0 Å². The van der Waals surface area contributed by atoms with Gasteiger partial charge in [0.2, 0.25) is 5.91 Å². The molecule has 1 aromatic carbocycles. The number of rotatable bonds is 4. The summed E-state index contributed by atoms with van der Waals surface area (Å²) in [6.45, 7) is 4.39. The summed E-state index contributed by atoms with van der Waals surface area (Å²) in [5.41, 5.74) is 0.799. The number of hydrogen-bond acceptors (Lipinski definition) is 3. The van der Waals surface area contributed by atoms with Gasteiger partial charge in [0, 0.05) is 25.1 Å². The van der Waals surface area contributed by atoms with Crippen molar-refractivity contribution in [3.05, 3.63) is 24.3 Å². The molecule has 1 atom stereocenters. The van der Waals surface area contributed by atoms with Crippen LogP contribution < -0.4 is 15.4 Å². The Balaban J connectivity index is 1.82. The van der Waals surface area contributed by atoms with Gasteiger partial charge in [-0.1, -0.05) is 0 Å². The summed E-state index contributed by atoms with van der Waals surface area (Å²) in [6, 6.07) is 7.47. The van der Waals surface area contributed by atoms with Gasteiger partial charge in [-0.25, -0.2) is 0 Å². The highest BCUT2D eigenvalue weighted by Crippen LogP contribution is 2.17. The minimum absolute atomic E-state index is 0.0595. The Labute approximate surface area is 101 Å². The number of carbonyl (C=O) groups excluding carboxylic acids is 1. The van der Waals surface area contributed by atoms with E-state index in [1.54, 1.807) is 0 Å². The lowest BCUT2D eigenvalue weighted by molar-refractivity contribution is -0.114. The van der Waals surface area contributed by atoms with Crippen LogP contribution in [0.2, 0.25) is 0 Å². The molecule has 1 aliphatic rings. The standard InChI is InChI=1S/C13H18N2O2/c1-10(16)15-12-2-4-13(5-3-12)17-9-11-6-7-14-8-11/h2-5,11,14H,6-9H2,1H3,(H,15,16)/t11-/m0/s1. The van der Waals surface area contributed by atoms with Gasteiger partial charge in [-0.2, -0.15) is 0 Å². The molecule has 0 aliphatic carbocycles. The van der Waals surface area contributed by atoms with Crippen molar-refractivity contribution < 1.29 is 9.53 Å². The topological polar surface area (TPSA) is 50.4 Å². The summed E-state index contributed by atoms with van der Waals surface area (Å²) >= 11 is 0. The van der Waals surface area contributed by atoms with Crippen molar-refractivity contribution in [2.24, 2.45) is 5.92 Å². The monoisotopic (exact) mass is 234 g/mol. The molecule has 0 saturated carbocycles. The molecule has 0 radical (unpaired) electrons. The zero-order valence-corrected chi connectivity index (χ0v) is 10.0. The Morgan fingerprint density at radius 1 is 1.47 bits per heavy atom. The smallest absolute Gasteiger partial charge is 0.221 e. The van der Waals surface area contributed by atoms with Crippen molar-refractivity contribution in [3.8, 4) is 5.75 Å². The van der Waals surface area contributed by atoms with Crippen molar-refractivity contribution >= 4 is 11.6 Å². The van der Waals surface area contributed by atoms with Crippen molar-refractivity contribution in [1.82, 2.24) is 5.32 Å². The Morgan fingerprint density at radius 3 is 2.82 bits per heavy atom. The molecule has 2 N–H and O–H groups in total. The van der Waals surface area contributed by atoms with Gasteiger partial charge in [-0.3, -0.25) is 4.79 Å². The van der Waals surface area contributed by atoms with Crippen molar-refractivity contribution in [2.75, 3.05) is 25.0 Å². The lowest BCUT2D eigenvalue weighted by atomic mass is 10.1. The molecule has 1 amide bonds. The van der Waals surface area contributed by atoms with E-state index in [-0.39, 0.29) is 5.91 Å². The molecular weight excluding hydrogens is 216 g/mol. The molecule has 1 heterocycles. The molecule has 2 rings (SSSR count). The van der Waals surface area contributed by atoms with Crippen LogP contribution in [-0.2, 0) is 4.79 Å². The van der Waals surface area contributed by atoms with Gasteiger partial charge in [0.25, 0.3) is 0 Å². The lowest BCUT2D eigenvalue weighted by Crippen LogP contribution is -2.15. The number of nitrogens with one attached hydrogen (secondary N) is 2. The second-order valence-corrected chi connectivity index (χ2v) is 4.38. The molecule has 0 aromatic heterocycles. The fourth-order valence-corrected chi connectivity index (χ4v) is 1.91. The molecule has 17 heavy (non-hydrogen) atoms. The van der Waals surface area contributed by atoms with E-state index in [9.17, 15) is 4.79 Å². The molecule has 0 spiro atoms. The quantitative estimate of drug-likeness (QED) is 0.832. The van der Waals surface area contributed by atoms with Crippen molar-refractivity contribution in [1.29, 1.82) is 0 Å². The zero-order chi connectivity index (χ0) is 12.1. The van der Waals surface area contributed by atoms with Crippen LogP contribution in [0, 0.1) is 5.92 Å². The zero-order valence-electron chi connectivity index (χ0n) is 10.0. The van der Waals surface area contributed by atoms with Gasteiger partial charge >= 0.3 is 0 Å². The molecule has 1 fully saturated rings. The fourth-order valence-electron chi connectivity index (χ4n) is 1.91. The molecular formula is C13H18N2O2. The van der Waals surface area contributed by atoms with Gasteiger partial charge in [0.05, 0.1) is 6.61 Å². The van der Waals surface area contributed by atoms with Crippen molar-refractivity contribution in [2.45, 2.75) is 13.3 Å². The normalized spacial score (nSPS) is 19.0. The first-order chi connectivity index (χ1) is 8.24. The van der Waals surface area contributed by atoms with Gasteiger partial charge in [0.1, 0.15) is 5.75 Å². The maximum atomic E-state index is 10.8. The number of ether oxygens (including phenoxy) is 1. The van der Waals surface area contributed by atoms with Crippen LogP contribution in [0.5, 0.6) is 5.75 Å². The highest BCUT2D eigenvalue weighted by atomic mass is 16.5. The summed E-state index contributed by atoms with van der Waals surface area (Å²) in [5, 5.41) is 6.04. The summed E-state index contributed by atoms with van der Waals surface area (Å²) in [5.74, 6) is 1.41. The molecule has 4 heteroatoms. The highest BCUT2D eigenvalue weighted by Gasteiger charge is 2.14. The molecule has 4 nitrogen and oxygen atoms in total. The van der Waals surface area contributed by atoms with E-state index in [4.69, 9.17) is 4.74 Å². The number of amides is 1. The van der Waals surface area contributed by atoms with E-state index in [1.165, 1.54) is 13.3 Å². The van der Waals surface area contributed by atoms with Gasteiger partial charge < -0.3 is 15.4 Å². The number of carbonyl (C=O) groups is 1. The Morgan fingerprint density at radius 2 is 2.24 bits per heavy atom. The average molecular weight is 234 g/mol. The second-order valence-electron chi connectivity index (χ2n) is 4.38. The van der Waals surface area contributed by atoms with Gasteiger partial charge in [-0.05, 0) is 37.2 Å². The molecule has 1 aliphatic heterocycles. The summed E-state index contributed by atoms with van der Waals surface area (Å²) in [4.78, 5) is 10.8. The summed E-state index contributed by atoms with van der Waals surface area (Å²) in [6.07, 6.45) is 1.18. The number of hydrogen-bond donors (Lipinski definition) is 2. The third kappa shape index (κ3) is 3.75. The maximum absolute atomic E-state index is 10.8. The van der Waals surface area contributed by atoms with E-state index < -0.39 is 0 Å². The van der Waals surface area contributed by atoms with Crippen LogP contribution in [0.1, 0.15) is 13.3 Å². The molecule has 1 saturated heterocycles. The van der Waals surface area contributed by atoms with E-state index >= 15 is 0 Å². The predicted molar refractivity (Wildman–Crippen MR) is 67.2 cm³/mol. The predicted octanol–water partition coefficient (Wildman–Crippen LogP) is 1.63. The summed E-state index contributed by atoms with van der Waals surface area (Å²) < 4.78 is 5.70. The lowest BCUT2D eigenvalue weighted by Gasteiger charge is -2.11. The van der Waals surface area contributed by atoms with E-state index in [0.717, 1.165) is 31.1 Å². The SMILES string of the molecule is CC(=O)Nc1ccc(OC[C@H]2CCNC2)cc1. The van der Waals surface area contributed by atoms with E-state index in [2.05, 4.69) is 10.6 Å². The summed E-state index contributed by atoms with van der Waals surface area (Å²) in [7, 11) is 0. The minimum atomic E-state index is -0.0595. The fraction of sp³-hybridized carbons (Fsp3) is 0.462.